The second kappa shape index (κ2) is 4.45. The number of carboxylic acids is 1. The van der Waals surface area contributed by atoms with Gasteiger partial charge >= 0.3 is 5.97 Å². The lowest BCUT2D eigenvalue weighted by atomic mass is 10.1. The van der Waals surface area contributed by atoms with E-state index in [-0.39, 0.29) is 11.7 Å². The average Bonchev–Trinajstić information content (AvgIpc) is 2.45. The van der Waals surface area contributed by atoms with Crippen molar-refractivity contribution in [2.24, 2.45) is 0 Å². The van der Waals surface area contributed by atoms with Crippen molar-refractivity contribution >= 4 is 12.4 Å². The Hall–Kier alpha value is -2.04. The summed E-state index contributed by atoms with van der Waals surface area (Å²) in [5, 5.41) is 8.90. The third kappa shape index (κ3) is 2.38. The molecule has 1 N–H and O–H groups in total. The molecule has 1 aromatic carbocycles. The summed E-state index contributed by atoms with van der Waals surface area (Å²) >= 11 is 0. The number of aromatic carboxylic acids is 1. The van der Waals surface area contributed by atoms with Gasteiger partial charge in [-0.2, -0.15) is 0 Å². The molecule has 0 saturated heterocycles. The Morgan fingerprint density at radius 1 is 1.59 bits per heavy atom. The molecular formula is C12H13NO4. The summed E-state index contributed by atoms with van der Waals surface area (Å²) in [6.07, 6.45) is 0.630. The molecule has 90 valence electrons. The Labute approximate surface area is 98.6 Å². The minimum atomic E-state index is -0.986. The molecule has 1 heterocycles. The number of carboxylic acid groups (broad SMARTS) is 1. The zero-order valence-electron chi connectivity index (χ0n) is 9.42. The van der Waals surface area contributed by atoms with E-state index < -0.39 is 5.97 Å². The second-order valence-electron chi connectivity index (χ2n) is 4.09. The molecule has 0 unspecified atom stereocenters. The van der Waals surface area contributed by atoms with Gasteiger partial charge in [-0.15, -0.1) is 0 Å². The van der Waals surface area contributed by atoms with Crippen molar-refractivity contribution in [3.05, 3.63) is 29.3 Å². The van der Waals surface area contributed by atoms with Crippen LogP contribution in [0.25, 0.3) is 0 Å². The molecule has 0 aliphatic carbocycles. The van der Waals surface area contributed by atoms with Crippen LogP contribution in [0.15, 0.2) is 18.2 Å². The number of amides is 1. The van der Waals surface area contributed by atoms with Gasteiger partial charge in [-0.05, 0) is 19.1 Å². The van der Waals surface area contributed by atoms with Crippen LogP contribution in [0.2, 0.25) is 0 Å². The fourth-order valence-corrected chi connectivity index (χ4v) is 1.88. The molecule has 5 heteroatoms. The van der Waals surface area contributed by atoms with E-state index in [0.717, 1.165) is 12.0 Å². The molecule has 1 aliphatic rings. The Kier molecular flexibility index (Phi) is 2.99. The predicted octanol–water partition coefficient (Wildman–Crippen LogP) is 1.12. The van der Waals surface area contributed by atoms with Crippen LogP contribution in [0.4, 0.5) is 0 Å². The summed E-state index contributed by atoms with van der Waals surface area (Å²) in [6.45, 7) is 2.79. The molecule has 5 nitrogen and oxygen atoms in total. The molecule has 0 radical (unpaired) electrons. The minimum absolute atomic E-state index is 0.148. The number of benzene rings is 1. The van der Waals surface area contributed by atoms with Gasteiger partial charge in [0.15, 0.2) is 0 Å². The van der Waals surface area contributed by atoms with E-state index in [1.807, 2.05) is 6.92 Å². The molecule has 0 saturated carbocycles. The van der Waals surface area contributed by atoms with Gasteiger partial charge < -0.3 is 14.7 Å². The third-order valence-electron chi connectivity index (χ3n) is 2.66. The highest BCUT2D eigenvalue weighted by Crippen LogP contribution is 2.26. The first-order valence-electron chi connectivity index (χ1n) is 5.32. The maximum absolute atomic E-state index is 10.9. The van der Waals surface area contributed by atoms with Crippen molar-refractivity contribution in [3.63, 3.8) is 0 Å². The summed E-state index contributed by atoms with van der Waals surface area (Å²) < 4.78 is 5.62. The Balaban J connectivity index is 2.38. The van der Waals surface area contributed by atoms with Crippen LogP contribution in [0.3, 0.4) is 0 Å². The fourth-order valence-electron chi connectivity index (χ4n) is 1.88. The van der Waals surface area contributed by atoms with Gasteiger partial charge in [0.25, 0.3) is 0 Å². The normalized spacial score (nSPS) is 18.9. The molecule has 0 fully saturated rings. The Bertz CT molecular complexity index is 458. The quantitative estimate of drug-likeness (QED) is 0.780. The van der Waals surface area contributed by atoms with Crippen molar-refractivity contribution in [1.82, 2.24) is 4.90 Å². The maximum atomic E-state index is 10.9. The molecule has 0 aromatic heterocycles. The lowest BCUT2D eigenvalue weighted by molar-refractivity contribution is -0.119. The average molecular weight is 235 g/mol. The SMILES string of the molecule is C[C@@H]1CN(C=O)Cc2ccc(C(=O)O)cc2O1. The zero-order valence-corrected chi connectivity index (χ0v) is 9.42. The molecule has 1 amide bonds. The van der Waals surface area contributed by atoms with Gasteiger partial charge in [-0.1, -0.05) is 6.07 Å². The number of nitrogens with zero attached hydrogens (tertiary/aromatic N) is 1. The Morgan fingerprint density at radius 3 is 3.00 bits per heavy atom. The van der Waals surface area contributed by atoms with E-state index in [1.54, 1.807) is 11.0 Å². The first kappa shape index (κ1) is 11.4. The number of rotatable bonds is 2. The largest absolute Gasteiger partial charge is 0.488 e. The van der Waals surface area contributed by atoms with E-state index in [0.29, 0.717) is 18.8 Å². The van der Waals surface area contributed by atoms with Gasteiger partial charge in [0, 0.05) is 12.1 Å². The monoisotopic (exact) mass is 235 g/mol. The number of hydrogen-bond donors (Lipinski definition) is 1. The van der Waals surface area contributed by atoms with Crippen molar-refractivity contribution in [3.8, 4) is 5.75 Å². The number of fused-ring (bicyclic) bond motifs is 1. The van der Waals surface area contributed by atoms with Gasteiger partial charge in [-0.25, -0.2) is 4.79 Å². The van der Waals surface area contributed by atoms with Gasteiger partial charge in [0.05, 0.1) is 12.1 Å². The highest BCUT2D eigenvalue weighted by Gasteiger charge is 2.20. The summed E-state index contributed by atoms with van der Waals surface area (Å²) in [4.78, 5) is 23.3. The van der Waals surface area contributed by atoms with Crippen molar-refractivity contribution in [1.29, 1.82) is 0 Å². The van der Waals surface area contributed by atoms with E-state index >= 15 is 0 Å². The standard InChI is InChI=1S/C12H13NO4/c1-8-5-13(7-14)6-10-3-2-9(12(15)16)4-11(10)17-8/h2-4,7-8H,5-6H2,1H3,(H,15,16)/t8-/m1/s1. The van der Waals surface area contributed by atoms with E-state index in [1.165, 1.54) is 12.1 Å². The predicted molar refractivity (Wildman–Crippen MR) is 60.0 cm³/mol. The van der Waals surface area contributed by atoms with E-state index in [9.17, 15) is 9.59 Å². The molecular weight excluding hydrogens is 222 g/mol. The first-order valence-corrected chi connectivity index (χ1v) is 5.32. The third-order valence-corrected chi connectivity index (χ3v) is 2.66. The van der Waals surface area contributed by atoms with Crippen LogP contribution in [-0.2, 0) is 11.3 Å². The van der Waals surface area contributed by atoms with Crippen LogP contribution in [-0.4, -0.2) is 35.0 Å². The highest BCUT2D eigenvalue weighted by molar-refractivity contribution is 5.88. The number of carbonyl (C=O) groups excluding carboxylic acids is 1. The molecule has 1 aromatic rings. The molecule has 0 bridgehead atoms. The molecule has 2 rings (SSSR count). The highest BCUT2D eigenvalue weighted by atomic mass is 16.5. The summed E-state index contributed by atoms with van der Waals surface area (Å²) in [7, 11) is 0. The van der Waals surface area contributed by atoms with Crippen LogP contribution in [0.5, 0.6) is 5.75 Å². The van der Waals surface area contributed by atoms with Crippen molar-refractivity contribution < 1.29 is 19.4 Å². The fraction of sp³-hybridized carbons (Fsp3) is 0.333. The van der Waals surface area contributed by atoms with Crippen LogP contribution in [0.1, 0.15) is 22.8 Å². The van der Waals surface area contributed by atoms with Crippen LogP contribution in [0, 0.1) is 0 Å². The topological polar surface area (TPSA) is 66.8 Å². The van der Waals surface area contributed by atoms with E-state index in [4.69, 9.17) is 9.84 Å². The van der Waals surface area contributed by atoms with Crippen LogP contribution < -0.4 is 4.74 Å². The maximum Gasteiger partial charge on any atom is 0.335 e. The minimum Gasteiger partial charge on any atom is -0.488 e. The smallest absolute Gasteiger partial charge is 0.335 e. The van der Waals surface area contributed by atoms with Gasteiger partial charge in [0.2, 0.25) is 6.41 Å². The first-order chi connectivity index (χ1) is 8.10. The van der Waals surface area contributed by atoms with Gasteiger partial charge in [-0.3, -0.25) is 4.79 Å². The number of hydrogen-bond acceptors (Lipinski definition) is 3. The molecule has 1 aliphatic heterocycles. The number of ether oxygens (including phenoxy) is 1. The number of carbonyl (C=O) groups is 2. The second-order valence-corrected chi connectivity index (χ2v) is 4.09. The summed E-state index contributed by atoms with van der Waals surface area (Å²) in [5.74, 6) is -0.442. The van der Waals surface area contributed by atoms with Crippen molar-refractivity contribution in [2.75, 3.05) is 6.54 Å². The van der Waals surface area contributed by atoms with Gasteiger partial charge in [0.1, 0.15) is 11.9 Å². The Morgan fingerprint density at radius 2 is 2.35 bits per heavy atom. The van der Waals surface area contributed by atoms with Crippen molar-refractivity contribution in [2.45, 2.75) is 19.6 Å². The lowest BCUT2D eigenvalue weighted by Gasteiger charge is -2.16. The molecule has 17 heavy (non-hydrogen) atoms. The zero-order chi connectivity index (χ0) is 12.4. The summed E-state index contributed by atoms with van der Waals surface area (Å²) in [6, 6.07) is 4.71. The van der Waals surface area contributed by atoms with E-state index in [2.05, 4.69) is 0 Å². The molecule has 0 spiro atoms. The summed E-state index contributed by atoms with van der Waals surface area (Å²) in [5.41, 5.74) is 1.02. The van der Waals surface area contributed by atoms with Crippen LogP contribution >= 0.6 is 0 Å². The lowest BCUT2D eigenvalue weighted by Crippen LogP contribution is -2.29. The molecule has 1 atom stereocenters.